The Morgan fingerprint density at radius 2 is 1.79 bits per heavy atom. The van der Waals surface area contributed by atoms with E-state index in [9.17, 15) is 18.0 Å². The summed E-state index contributed by atoms with van der Waals surface area (Å²) in [6.45, 7) is 0.683. The van der Waals surface area contributed by atoms with Gasteiger partial charge in [-0.15, -0.1) is 5.10 Å². The highest BCUT2D eigenvalue weighted by molar-refractivity contribution is 6.30. The maximum absolute atomic E-state index is 13.5. The Bertz CT molecular complexity index is 1220. The molecule has 0 N–H and O–H groups in total. The Morgan fingerprint density at radius 3 is 2.44 bits per heavy atom. The zero-order valence-electron chi connectivity index (χ0n) is 18.1. The van der Waals surface area contributed by atoms with Crippen molar-refractivity contribution in [1.29, 1.82) is 0 Å². The van der Waals surface area contributed by atoms with Crippen LogP contribution in [0, 0.1) is 11.2 Å². The van der Waals surface area contributed by atoms with Gasteiger partial charge in [0.1, 0.15) is 23.9 Å². The van der Waals surface area contributed by atoms with Gasteiger partial charge in [-0.1, -0.05) is 16.7 Å². The molecule has 2 aromatic carbocycles. The van der Waals surface area contributed by atoms with Crippen molar-refractivity contribution in [1.82, 2.24) is 10.2 Å². The van der Waals surface area contributed by atoms with Crippen molar-refractivity contribution in [3.05, 3.63) is 64.8 Å². The van der Waals surface area contributed by atoms with E-state index in [1.54, 1.807) is 0 Å². The van der Waals surface area contributed by atoms with Crippen molar-refractivity contribution in [2.45, 2.75) is 43.9 Å². The van der Waals surface area contributed by atoms with Crippen LogP contribution in [0.1, 0.15) is 44.1 Å². The van der Waals surface area contributed by atoms with E-state index >= 15 is 0 Å². The van der Waals surface area contributed by atoms with Crippen molar-refractivity contribution >= 4 is 17.4 Å². The third-order valence-electron chi connectivity index (χ3n) is 6.43. The molecule has 178 valence electrons. The summed E-state index contributed by atoms with van der Waals surface area (Å²) in [7, 11) is 0. The lowest BCUT2D eigenvalue weighted by Crippen LogP contribution is -2.65. The summed E-state index contributed by atoms with van der Waals surface area (Å²) in [4.78, 5) is 12.4. The number of benzene rings is 2. The SMILES string of the molecule is CC(F)(F)c1ccc(Oc2nnc(C34CC(CC(=O)COc5ccc(Cl)c(F)c5)(C3)C4)o2)cc1. The molecule has 0 spiro atoms. The molecule has 0 radical (unpaired) electrons. The van der Waals surface area contributed by atoms with E-state index in [1.807, 2.05) is 0 Å². The number of rotatable bonds is 9. The molecule has 34 heavy (non-hydrogen) atoms. The van der Waals surface area contributed by atoms with Gasteiger partial charge in [-0.25, -0.2) is 13.2 Å². The number of hydrogen-bond donors (Lipinski definition) is 0. The largest absolute Gasteiger partial charge is 0.486 e. The third kappa shape index (κ3) is 4.24. The third-order valence-corrected chi connectivity index (χ3v) is 6.74. The van der Waals surface area contributed by atoms with Gasteiger partial charge in [0.25, 0.3) is 5.92 Å². The molecule has 3 aromatic rings. The number of halogens is 4. The van der Waals surface area contributed by atoms with Gasteiger partial charge in [0, 0.05) is 25.0 Å². The molecular formula is C24H20ClF3N2O4. The Labute approximate surface area is 198 Å². The number of aromatic nitrogens is 2. The second-order valence-electron chi connectivity index (χ2n) is 9.28. The standard InChI is InChI=1S/C24H20ClF3N2O4/c1-22(27,28)14-2-4-16(5-3-14)33-21-30-29-20(34-21)24-11-23(12-24,13-24)9-15(31)10-32-17-6-7-18(25)19(26)8-17/h2-8H,9-13H2,1H3. The van der Waals surface area contributed by atoms with Crippen LogP contribution in [0.4, 0.5) is 13.2 Å². The molecule has 0 unspecified atom stereocenters. The summed E-state index contributed by atoms with van der Waals surface area (Å²) in [5.74, 6) is -2.60. The fraction of sp³-hybridized carbons (Fsp3) is 0.375. The molecule has 2 bridgehead atoms. The number of carbonyl (C=O) groups is 1. The molecule has 1 aromatic heterocycles. The fourth-order valence-electron chi connectivity index (χ4n) is 4.99. The maximum Gasteiger partial charge on any atom is 0.420 e. The Hall–Kier alpha value is -3.07. The highest BCUT2D eigenvalue weighted by Crippen LogP contribution is 2.74. The first-order valence-electron chi connectivity index (χ1n) is 10.7. The van der Waals surface area contributed by atoms with Gasteiger partial charge in [-0.3, -0.25) is 4.79 Å². The van der Waals surface area contributed by atoms with Crippen LogP contribution in [-0.4, -0.2) is 22.6 Å². The predicted octanol–water partition coefficient (Wildman–Crippen LogP) is 6.23. The van der Waals surface area contributed by atoms with Crippen molar-refractivity contribution in [2.24, 2.45) is 5.41 Å². The molecule has 0 amide bonds. The monoisotopic (exact) mass is 492 g/mol. The minimum atomic E-state index is -2.93. The van der Waals surface area contributed by atoms with Crippen molar-refractivity contribution in [2.75, 3.05) is 6.61 Å². The quantitative estimate of drug-likeness (QED) is 0.353. The molecule has 0 atom stereocenters. The van der Waals surface area contributed by atoms with E-state index in [0.29, 0.717) is 18.1 Å². The molecule has 3 fully saturated rings. The Kier molecular flexibility index (Phi) is 5.35. The topological polar surface area (TPSA) is 74.5 Å². The Morgan fingerprint density at radius 1 is 1.12 bits per heavy atom. The van der Waals surface area contributed by atoms with Gasteiger partial charge >= 0.3 is 6.08 Å². The van der Waals surface area contributed by atoms with E-state index in [1.165, 1.54) is 36.4 Å². The number of carbonyl (C=O) groups excluding carboxylic acids is 1. The highest BCUT2D eigenvalue weighted by Gasteiger charge is 2.71. The molecule has 0 aliphatic heterocycles. The van der Waals surface area contributed by atoms with Crippen LogP contribution < -0.4 is 9.47 Å². The van der Waals surface area contributed by atoms with E-state index in [0.717, 1.165) is 32.3 Å². The van der Waals surface area contributed by atoms with Crippen molar-refractivity contribution in [3.63, 3.8) is 0 Å². The normalized spacial score (nSPS) is 23.1. The average Bonchev–Trinajstić information content (AvgIpc) is 3.18. The molecule has 6 rings (SSSR count). The van der Waals surface area contributed by atoms with E-state index < -0.39 is 11.7 Å². The van der Waals surface area contributed by atoms with Crippen LogP contribution in [0.5, 0.6) is 17.6 Å². The number of ether oxygens (including phenoxy) is 2. The lowest BCUT2D eigenvalue weighted by atomic mass is 9.34. The van der Waals surface area contributed by atoms with Crippen molar-refractivity contribution < 1.29 is 31.9 Å². The van der Waals surface area contributed by atoms with Crippen molar-refractivity contribution in [3.8, 4) is 17.6 Å². The first kappa shape index (κ1) is 22.7. The minimum absolute atomic E-state index is 0.00789. The lowest BCUT2D eigenvalue weighted by molar-refractivity contribution is -0.168. The average molecular weight is 493 g/mol. The van der Waals surface area contributed by atoms with Gasteiger partial charge in [-0.05, 0) is 61.1 Å². The lowest BCUT2D eigenvalue weighted by Gasteiger charge is -2.68. The van der Waals surface area contributed by atoms with Gasteiger partial charge in [0.05, 0.1) is 10.4 Å². The zero-order chi connectivity index (χ0) is 24.1. The smallest absolute Gasteiger partial charge is 0.420 e. The van der Waals surface area contributed by atoms with Gasteiger partial charge < -0.3 is 13.9 Å². The van der Waals surface area contributed by atoms with Gasteiger partial charge in [-0.2, -0.15) is 0 Å². The number of alkyl halides is 2. The second-order valence-corrected chi connectivity index (χ2v) is 9.69. The van der Waals surface area contributed by atoms with Crippen LogP contribution in [0.15, 0.2) is 46.9 Å². The molecule has 10 heteroatoms. The van der Waals surface area contributed by atoms with E-state index in [-0.39, 0.29) is 45.6 Å². The molecule has 6 nitrogen and oxygen atoms in total. The van der Waals surface area contributed by atoms with Crippen LogP contribution in [0.25, 0.3) is 0 Å². The van der Waals surface area contributed by atoms with Gasteiger partial charge in [0.2, 0.25) is 5.89 Å². The number of nitrogens with zero attached hydrogens (tertiary/aromatic N) is 2. The van der Waals surface area contributed by atoms with Gasteiger partial charge in [0.15, 0.2) is 5.78 Å². The number of Topliss-reactive ketones (excluding diaryl/α,β-unsaturated/α-hetero) is 1. The first-order chi connectivity index (χ1) is 16.1. The van der Waals surface area contributed by atoms with Crippen LogP contribution in [-0.2, 0) is 16.1 Å². The predicted molar refractivity (Wildman–Crippen MR) is 115 cm³/mol. The summed E-state index contributed by atoms with van der Waals surface area (Å²) < 4.78 is 56.7. The first-order valence-corrected chi connectivity index (χ1v) is 11.0. The molecular weight excluding hydrogens is 473 g/mol. The molecule has 3 saturated carbocycles. The van der Waals surface area contributed by atoms with Crippen LogP contribution in [0.2, 0.25) is 5.02 Å². The number of hydrogen-bond acceptors (Lipinski definition) is 6. The minimum Gasteiger partial charge on any atom is -0.486 e. The summed E-state index contributed by atoms with van der Waals surface area (Å²) in [5.41, 5.74) is -0.489. The molecule has 0 saturated heterocycles. The summed E-state index contributed by atoms with van der Waals surface area (Å²) >= 11 is 5.64. The summed E-state index contributed by atoms with van der Waals surface area (Å²) in [6, 6.07) is 9.43. The van der Waals surface area contributed by atoms with Crippen LogP contribution >= 0.6 is 11.6 Å². The van der Waals surface area contributed by atoms with E-state index in [4.69, 9.17) is 25.5 Å². The molecule has 3 aliphatic rings. The summed E-state index contributed by atoms with van der Waals surface area (Å²) in [6.07, 6.45) is 2.51. The summed E-state index contributed by atoms with van der Waals surface area (Å²) in [5, 5.41) is 7.98. The molecule has 3 aliphatic carbocycles. The van der Waals surface area contributed by atoms with Crippen LogP contribution in [0.3, 0.4) is 0 Å². The second kappa shape index (κ2) is 8.01. The Balaban J connectivity index is 1.12. The van der Waals surface area contributed by atoms with E-state index in [2.05, 4.69) is 10.2 Å². The number of ketones is 1. The zero-order valence-corrected chi connectivity index (χ0v) is 18.9. The molecule has 1 heterocycles. The highest BCUT2D eigenvalue weighted by atomic mass is 35.5. The fourth-order valence-corrected chi connectivity index (χ4v) is 5.11. The maximum atomic E-state index is 13.5.